The van der Waals surface area contributed by atoms with E-state index in [9.17, 15) is 17.7 Å². The van der Waals surface area contributed by atoms with Gasteiger partial charge in [0, 0.05) is 16.7 Å². The Morgan fingerprint density at radius 3 is 2.27 bits per heavy atom. The Morgan fingerprint density at radius 1 is 1.32 bits per heavy atom. The Labute approximate surface area is 136 Å². The lowest BCUT2D eigenvalue weighted by atomic mass is 10.1. The zero-order valence-corrected chi connectivity index (χ0v) is 13.1. The molecule has 1 N–H and O–H groups in total. The Balaban J connectivity index is 2.68. The fraction of sp³-hybridized carbons (Fsp3) is 0.167. The Hall–Kier alpha value is -1.40. The average Bonchev–Trinajstić information content (AvgIpc) is 2.80. The van der Waals surface area contributed by atoms with E-state index < -0.39 is 22.9 Å². The van der Waals surface area contributed by atoms with Crippen LogP contribution in [0.3, 0.4) is 0 Å². The molecule has 1 aromatic carbocycles. The molecule has 1 aromatic heterocycles. The van der Waals surface area contributed by atoms with Crippen LogP contribution in [0.1, 0.15) is 11.1 Å². The van der Waals surface area contributed by atoms with Gasteiger partial charge in [0.05, 0.1) is 21.3 Å². The molecule has 2 aromatic rings. The van der Waals surface area contributed by atoms with E-state index in [1.165, 1.54) is 6.26 Å². The van der Waals surface area contributed by atoms with Crippen LogP contribution in [-0.2, 0) is 17.4 Å². The number of rotatable bonds is 2. The highest BCUT2D eigenvalue weighted by Crippen LogP contribution is 2.41. The van der Waals surface area contributed by atoms with Gasteiger partial charge in [0.15, 0.2) is 5.56 Å². The van der Waals surface area contributed by atoms with Crippen molar-refractivity contribution in [3.8, 4) is 17.3 Å². The van der Waals surface area contributed by atoms with E-state index in [1.807, 2.05) is 0 Å². The fourth-order valence-electron chi connectivity index (χ4n) is 1.79. The number of alkyl halides is 3. The number of nitrogens with one attached hydrogen (secondary N) is 1. The number of aromatic nitrogens is 2. The lowest BCUT2D eigenvalue weighted by Crippen LogP contribution is -2.05. The summed E-state index contributed by atoms with van der Waals surface area (Å²) in [6.07, 6.45) is -3.29. The van der Waals surface area contributed by atoms with Gasteiger partial charge in [-0.3, -0.25) is 5.10 Å². The number of hydrogen-bond donors (Lipinski definition) is 1. The van der Waals surface area contributed by atoms with E-state index in [2.05, 4.69) is 10.2 Å². The molecule has 0 aliphatic heterocycles. The largest absolute Gasteiger partial charge is 0.610 e. The van der Waals surface area contributed by atoms with Crippen LogP contribution in [0.4, 0.5) is 13.2 Å². The summed E-state index contributed by atoms with van der Waals surface area (Å²) in [5.74, 6) is 0. The van der Waals surface area contributed by atoms with Crippen molar-refractivity contribution in [2.45, 2.75) is 11.2 Å². The molecular weight excluding hydrogens is 362 g/mol. The van der Waals surface area contributed by atoms with Gasteiger partial charge in [-0.1, -0.05) is 23.2 Å². The minimum absolute atomic E-state index is 0.00270. The van der Waals surface area contributed by atoms with Gasteiger partial charge in [-0.15, -0.1) is 5.10 Å². The summed E-state index contributed by atoms with van der Waals surface area (Å²) in [6, 6.07) is 3.20. The normalized spacial score (nSPS) is 13.0. The highest BCUT2D eigenvalue weighted by atomic mass is 35.5. The summed E-state index contributed by atoms with van der Waals surface area (Å²) in [5, 5.41) is 14.7. The van der Waals surface area contributed by atoms with Crippen molar-refractivity contribution < 1.29 is 17.7 Å². The number of hydrogen-bond acceptors (Lipinski definition) is 3. The van der Waals surface area contributed by atoms with Gasteiger partial charge in [-0.05, 0) is 12.1 Å². The van der Waals surface area contributed by atoms with E-state index in [1.54, 1.807) is 6.07 Å². The molecule has 10 heteroatoms. The van der Waals surface area contributed by atoms with E-state index >= 15 is 0 Å². The molecule has 22 heavy (non-hydrogen) atoms. The number of benzene rings is 1. The summed E-state index contributed by atoms with van der Waals surface area (Å²) in [6.45, 7) is 0. The molecular formula is C12H6Cl2F3N3OS. The number of halogens is 5. The molecule has 0 bridgehead atoms. The highest BCUT2D eigenvalue weighted by Gasteiger charge is 2.33. The molecule has 1 atom stereocenters. The van der Waals surface area contributed by atoms with Gasteiger partial charge in [0.25, 0.3) is 5.03 Å². The average molecular weight is 368 g/mol. The van der Waals surface area contributed by atoms with Crippen molar-refractivity contribution >= 4 is 34.4 Å². The van der Waals surface area contributed by atoms with Gasteiger partial charge in [0.2, 0.25) is 0 Å². The van der Waals surface area contributed by atoms with Crippen molar-refractivity contribution in [3.63, 3.8) is 0 Å². The second kappa shape index (κ2) is 6.01. The third-order valence-electron chi connectivity index (χ3n) is 2.74. The molecule has 0 spiro atoms. The van der Waals surface area contributed by atoms with Crippen LogP contribution in [-0.4, -0.2) is 21.0 Å². The maximum absolute atomic E-state index is 12.7. The Bertz CT molecular complexity index is 745. The number of H-pyrrole nitrogens is 1. The standard InChI is InChI=1S/C12H6Cl2F3N3OS/c1-22(21)11-6(4-18)10(19-20-11)9-7(13)2-5(3-8(9)14)12(15,16)17/h2-3H,1H3,(H,19,20). The van der Waals surface area contributed by atoms with Crippen LogP contribution in [0.15, 0.2) is 17.2 Å². The van der Waals surface area contributed by atoms with Gasteiger partial charge < -0.3 is 4.55 Å². The second-order valence-corrected chi connectivity index (χ2v) is 6.27. The van der Waals surface area contributed by atoms with Crippen molar-refractivity contribution in [2.24, 2.45) is 0 Å². The maximum atomic E-state index is 12.7. The molecule has 4 nitrogen and oxygen atoms in total. The quantitative estimate of drug-likeness (QED) is 0.814. The zero-order chi connectivity index (χ0) is 16.7. The Kier molecular flexibility index (Phi) is 4.63. The van der Waals surface area contributed by atoms with Crippen molar-refractivity contribution in [3.05, 3.63) is 33.3 Å². The number of nitriles is 1. The van der Waals surface area contributed by atoms with Crippen molar-refractivity contribution in [2.75, 3.05) is 6.26 Å². The molecule has 1 heterocycles. The van der Waals surface area contributed by atoms with Crippen LogP contribution in [0.5, 0.6) is 0 Å². The monoisotopic (exact) mass is 367 g/mol. The number of aromatic amines is 1. The zero-order valence-electron chi connectivity index (χ0n) is 10.8. The summed E-state index contributed by atoms with van der Waals surface area (Å²) in [5.41, 5.74) is -1.07. The first-order chi connectivity index (χ1) is 10.2. The van der Waals surface area contributed by atoms with Crippen LogP contribution in [0, 0.1) is 11.3 Å². The lowest BCUT2D eigenvalue weighted by molar-refractivity contribution is -0.137. The third-order valence-corrected chi connectivity index (χ3v) is 4.17. The van der Waals surface area contributed by atoms with Gasteiger partial charge in [-0.25, -0.2) is 0 Å². The van der Waals surface area contributed by atoms with Crippen molar-refractivity contribution in [1.82, 2.24) is 10.2 Å². The van der Waals surface area contributed by atoms with E-state index in [0.717, 1.165) is 0 Å². The van der Waals surface area contributed by atoms with E-state index in [-0.39, 0.29) is 31.9 Å². The second-order valence-electron chi connectivity index (χ2n) is 4.16. The Morgan fingerprint density at radius 2 is 1.86 bits per heavy atom. The predicted molar refractivity (Wildman–Crippen MR) is 76.1 cm³/mol. The summed E-state index contributed by atoms with van der Waals surface area (Å²) < 4.78 is 49.6. The minimum atomic E-state index is -4.60. The molecule has 0 radical (unpaired) electrons. The topological polar surface area (TPSA) is 75.5 Å². The van der Waals surface area contributed by atoms with Crippen LogP contribution in [0.2, 0.25) is 10.0 Å². The SMILES string of the molecule is C[S+]([O-])c1n[nH]c(-c2c(Cl)cc(C(F)(F)F)cc2Cl)c1C#N. The minimum Gasteiger partial charge on any atom is -0.610 e. The van der Waals surface area contributed by atoms with Gasteiger partial charge in [0.1, 0.15) is 12.3 Å². The molecule has 0 fully saturated rings. The predicted octanol–water partition coefficient (Wildman–Crippen LogP) is 4.01. The first-order valence-corrected chi connectivity index (χ1v) is 7.86. The fourth-order valence-corrected chi connectivity index (χ4v) is 3.08. The van der Waals surface area contributed by atoms with Crippen LogP contribution >= 0.6 is 23.2 Å². The smallest absolute Gasteiger partial charge is 0.416 e. The third kappa shape index (κ3) is 3.03. The molecule has 0 saturated heterocycles. The number of nitrogens with zero attached hydrogens (tertiary/aromatic N) is 2. The van der Waals surface area contributed by atoms with Crippen molar-refractivity contribution in [1.29, 1.82) is 5.26 Å². The summed E-state index contributed by atoms with van der Waals surface area (Å²) >= 11 is 10.2. The lowest BCUT2D eigenvalue weighted by Gasteiger charge is -2.11. The van der Waals surface area contributed by atoms with Crippen LogP contribution in [0.25, 0.3) is 11.3 Å². The highest BCUT2D eigenvalue weighted by molar-refractivity contribution is 7.90. The summed E-state index contributed by atoms with van der Waals surface area (Å²) in [7, 11) is 0. The van der Waals surface area contributed by atoms with Gasteiger partial charge in [-0.2, -0.15) is 18.4 Å². The first-order valence-electron chi connectivity index (χ1n) is 5.55. The molecule has 0 aliphatic rings. The van der Waals surface area contributed by atoms with Gasteiger partial charge >= 0.3 is 6.18 Å². The molecule has 0 saturated carbocycles. The first kappa shape index (κ1) is 17.0. The van der Waals surface area contributed by atoms with Crippen LogP contribution < -0.4 is 0 Å². The molecule has 0 amide bonds. The maximum Gasteiger partial charge on any atom is 0.416 e. The van der Waals surface area contributed by atoms with E-state index in [0.29, 0.717) is 12.1 Å². The van der Waals surface area contributed by atoms with E-state index in [4.69, 9.17) is 28.5 Å². The molecule has 0 aliphatic carbocycles. The summed E-state index contributed by atoms with van der Waals surface area (Å²) in [4.78, 5) is 0. The molecule has 1 unspecified atom stereocenters. The molecule has 2 rings (SSSR count). The molecule has 116 valence electrons.